The number of aromatic nitrogens is 1. The number of benzene rings is 2. The average Bonchev–Trinajstić information content (AvgIpc) is 3.15. The van der Waals surface area contributed by atoms with E-state index in [0.29, 0.717) is 26.2 Å². The molecule has 0 spiro atoms. The van der Waals surface area contributed by atoms with Gasteiger partial charge in [0, 0.05) is 51.4 Å². The highest BCUT2D eigenvalue weighted by Crippen LogP contribution is 2.58. The SMILES string of the molecule is O=C(CC12CSc3[nH]c(=O)sc3C1c1cc([N+](=O)[O-])ccc1OC2=O)Nc1ccc(Cl)cc1. The van der Waals surface area contributed by atoms with Crippen LogP contribution in [0.3, 0.4) is 0 Å². The third kappa shape index (κ3) is 3.71. The Bertz CT molecular complexity index is 1370. The highest BCUT2D eigenvalue weighted by atomic mass is 35.5. The lowest BCUT2D eigenvalue weighted by Crippen LogP contribution is -2.49. The summed E-state index contributed by atoms with van der Waals surface area (Å²) < 4.78 is 5.57. The van der Waals surface area contributed by atoms with Crippen molar-refractivity contribution in [1.82, 2.24) is 4.98 Å². The van der Waals surface area contributed by atoms with E-state index >= 15 is 0 Å². The fourth-order valence-corrected chi connectivity index (χ4v) is 6.87. The summed E-state index contributed by atoms with van der Waals surface area (Å²) in [7, 11) is 0. The number of ether oxygens (including phenoxy) is 1. The Labute approximate surface area is 199 Å². The lowest BCUT2D eigenvalue weighted by Gasteiger charge is -2.44. The number of thiazole rings is 1. The number of halogens is 1. The van der Waals surface area contributed by atoms with E-state index in [1.807, 2.05) is 0 Å². The molecule has 0 bridgehead atoms. The number of hydrogen-bond acceptors (Lipinski definition) is 8. The molecule has 3 heterocycles. The van der Waals surface area contributed by atoms with Gasteiger partial charge in [0.05, 0.1) is 15.4 Å². The molecule has 0 saturated heterocycles. The Kier molecular flexibility index (Phi) is 5.26. The van der Waals surface area contributed by atoms with Crippen molar-refractivity contribution < 1.29 is 19.2 Å². The summed E-state index contributed by atoms with van der Waals surface area (Å²) in [6, 6.07) is 10.5. The van der Waals surface area contributed by atoms with Crippen LogP contribution in [0.1, 0.15) is 22.8 Å². The maximum atomic E-state index is 13.3. The van der Waals surface area contributed by atoms with E-state index in [9.17, 15) is 24.5 Å². The number of nitro groups is 1. The van der Waals surface area contributed by atoms with Crippen LogP contribution in [0.25, 0.3) is 0 Å². The van der Waals surface area contributed by atoms with Crippen LogP contribution >= 0.6 is 34.7 Å². The van der Waals surface area contributed by atoms with E-state index in [0.717, 1.165) is 11.3 Å². The first kappa shape index (κ1) is 21.7. The number of nitro benzene ring substituents is 1. The molecule has 3 aromatic rings. The average molecular weight is 504 g/mol. The molecule has 9 nitrogen and oxygen atoms in total. The maximum Gasteiger partial charge on any atom is 0.319 e. The van der Waals surface area contributed by atoms with Crippen molar-refractivity contribution in [1.29, 1.82) is 0 Å². The number of nitrogens with zero attached hydrogens (tertiary/aromatic N) is 1. The van der Waals surface area contributed by atoms with Gasteiger partial charge >= 0.3 is 10.8 Å². The van der Waals surface area contributed by atoms with Gasteiger partial charge in [0.15, 0.2) is 0 Å². The number of thioether (sulfide) groups is 1. The number of fused-ring (bicyclic) bond motifs is 5. The molecule has 0 fully saturated rings. The first-order chi connectivity index (χ1) is 15.8. The van der Waals surface area contributed by atoms with Gasteiger partial charge in [-0.3, -0.25) is 24.5 Å². The Balaban J connectivity index is 1.60. The molecule has 0 aliphatic carbocycles. The van der Waals surface area contributed by atoms with E-state index < -0.39 is 28.1 Å². The van der Waals surface area contributed by atoms with Crippen LogP contribution in [0.5, 0.6) is 5.75 Å². The van der Waals surface area contributed by atoms with Gasteiger partial charge in [0.25, 0.3) is 5.69 Å². The molecule has 5 rings (SSSR count). The molecule has 2 unspecified atom stereocenters. The maximum absolute atomic E-state index is 13.3. The van der Waals surface area contributed by atoms with Crippen molar-refractivity contribution in [2.24, 2.45) is 5.41 Å². The van der Waals surface area contributed by atoms with Crippen LogP contribution < -0.4 is 14.9 Å². The molecule has 0 saturated carbocycles. The molecule has 2 aliphatic rings. The minimum absolute atomic E-state index is 0.159. The number of carbonyl (C=O) groups is 2. The number of amides is 1. The van der Waals surface area contributed by atoms with Gasteiger partial charge in [0.1, 0.15) is 5.75 Å². The highest BCUT2D eigenvalue weighted by Gasteiger charge is 2.57. The van der Waals surface area contributed by atoms with Crippen molar-refractivity contribution in [3.8, 4) is 5.75 Å². The molecule has 1 amide bonds. The fraction of sp³-hybridized carbons (Fsp3) is 0.190. The third-order valence-corrected chi connectivity index (χ3v) is 8.26. The second-order valence-corrected chi connectivity index (χ2v) is 10.1. The zero-order valence-electron chi connectivity index (χ0n) is 16.6. The zero-order valence-corrected chi connectivity index (χ0v) is 19.0. The molecule has 12 heteroatoms. The van der Waals surface area contributed by atoms with Crippen LogP contribution in [0, 0.1) is 15.5 Å². The minimum atomic E-state index is -1.35. The Morgan fingerprint density at radius 2 is 2.03 bits per heavy atom. The van der Waals surface area contributed by atoms with Gasteiger partial charge in [-0.1, -0.05) is 22.9 Å². The number of anilines is 1. The minimum Gasteiger partial charge on any atom is -0.426 e. The number of non-ortho nitro benzene ring substituents is 1. The van der Waals surface area contributed by atoms with Gasteiger partial charge in [-0.05, 0) is 30.3 Å². The first-order valence-corrected chi connectivity index (χ1v) is 11.9. The monoisotopic (exact) mass is 503 g/mol. The predicted molar refractivity (Wildman–Crippen MR) is 123 cm³/mol. The second-order valence-electron chi connectivity index (χ2n) is 7.69. The Morgan fingerprint density at radius 1 is 1.27 bits per heavy atom. The van der Waals surface area contributed by atoms with Crippen LogP contribution in [0.4, 0.5) is 11.4 Å². The van der Waals surface area contributed by atoms with Gasteiger partial charge < -0.3 is 15.0 Å². The number of esters is 1. The molecule has 2 aromatic carbocycles. The summed E-state index contributed by atoms with van der Waals surface area (Å²) in [5, 5.41) is 15.3. The Hall–Kier alpha value is -3.15. The topological polar surface area (TPSA) is 131 Å². The number of hydrogen-bond donors (Lipinski definition) is 2. The van der Waals surface area contributed by atoms with Crippen molar-refractivity contribution in [2.75, 3.05) is 11.1 Å². The van der Waals surface area contributed by atoms with Gasteiger partial charge in [-0.15, -0.1) is 11.8 Å². The van der Waals surface area contributed by atoms with Crippen LogP contribution in [0.15, 0.2) is 52.3 Å². The molecule has 2 aliphatic heterocycles. The second kappa shape index (κ2) is 8.01. The first-order valence-electron chi connectivity index (χ1n) is 9.69. The molecule has 2 atom stereocenters. The summed E-state index contributed by atoms with van der Waals surface area (Å²) in [4.78, 5) is 52.4. The van der Waals surface area contributed by atoms with Gasteiger partial charge in [-0.25, -0.2) is 0 Å². The van der Waals surface area contributed by atoms with E-state index in [4.69, 9.17) is 16.3 Å². The number of nitrogens with one attached hydrogen (secondary N) is 2. The number of rotatable bonds is 4. The fourth-order valence-electron chi connectivity index (χ4n) is 4.19. The summed E-state index contributed by atoms with van der Waals surface area (Å²) in [6.45, 7) is 0. The quantitative estimate of drug-likeness (QED) is 0.236. The van der Waals surface area contributed by atoms with Crippen LogP contribution in [0.2, 0.25) is 5.02 Å². The zero-order chi connectivity index (χ0) is 23.3. The summed E-state index contributed by atoms with van der Waals surface area (Å²) in [6.07, 6.45) is -0.236. The summed E-state index contributed by atoms with van der Waals surface area (Å²) >= 11 is 8.08. The smallest absolute Gasteiger partial charge is 0.319 e. The molecule has 33 heavy (non-hydrogen) atoms. The predicted octanol–water partition coefficient (Wildman–Crippen LogP) is 4.17. The molecule has 1 aromatic heterocycles. The van der Waals surface area contributed by atoms with Crippen molar-refractivity contribution >= 4 is 58.0 Å². The third-order valence-electron chi connectivity index (χ3n) is 5.66. The molecular weight excluding hydrogens is 490 g/mol. The lowest BCUT2D eigenvalue weighted by molar-refractivity contribution is -0.385. The van der Waals surface area contributed by atoms with Crippen molar-refractivity contribution in [3.05, 3.63) is 77.7 Å². The Morgan fingerprint density at radius 3 is 2.76 bits per heavy atom. The number of aromatic amines is 1. The van der Waals surface area contributed by atoms with Gasteiger partial charge in [-0.2, -0.15) is 0 Å². The summed E-state index contributed by atoms with van der Waals surface area (Å²) in [5.74, 6) is -1.45. The highest BCUT2D eigenvalue weighted by molar-refractivity contribution is 7.99. The van der Waals surface area contributed by atoms with E-state index in [1.165, 1.54) is 30.0 Å². The summed E-state index contributed by atoms with van der Waals surface area (Å²) in [5.41, 5.74) is -0.608. The normalized spacial score (nSPS) is 20.8. The molecule has 2 N–H and O–H groups in total. The molecular formula is C21H14ClN3O6S2. The standard InChI is InChI=1S/C21H14ClN3O6S2/c22-10-1-3-11(4-2-10)23-15(26)8-21-9-32-18-17(33-20(28)24-18)16(21)13-7-12(25(29)30)5-6-14(13)31-19(21)27/h1-7,16H,8-9H2,(H,23,26)(H,24,28). The molecule has 168 valence electrons. The largest absolute Gasteiger partial charge is 0.426 e. The lowest BCUT2D eigenvalue weighted by atomic mass is 9.68. The number of carbonyl (C=O) groups excluding carboxylic acids is 2. The molecule has 0 radical (unpaired) electrons. The van der Waals surface area contributed by atoms with Crippen LogP contribution in [-0.2, 0) is 9.59 Å². The van der Waals surface area contributed by atoms with E-state index in [1.54, 1.807) is 24.3 Å². The van der Waals surface area contributed by atoms with E-state index in [2.05, 4.69) is 10.3 Å². The van der Waals surface area contributed by atoms with E-state index in [-0.39, 0.29) is 28.5 Å². The van der Waals surface area contributed by atoms with Crippen molar-refractivity contribution in [3.63, 3.8) is 0 Å². The van der Waals surface area contributed by atoms with Crippen LogP contribution in [-0.4, -0.2) is 27.5 Å². The number of H-pyrrole nitrogens is 1. The van der Waals surface area contributed by atoms with Gasteiger partial charge in [0.2, 0.25) is 5.91 Å². The van der Waals surface area contributed by atoms with Crippen molar-refractivity contribution in [2.45, 2.75) is 17.4 Å².